The number of fused-ring (bicyclic) bond motifs is 1. The minimum absolute atomic E-state index is 0.138. The normalized spacial score (nSPS) is 13.0. The third-order valence-corrected chi connectivity index (χ3v) is 4.33. The van der Waals surface area contributed by atoms with Gasteiger partial charge in [0.15, 0.2) is 0 Å². The summed E-state index contributed by atoms with van der Waals surface area (Å²) < 4.78 is 5.66. The van der Waals surface area contributed by atoms with Crippen LogP contribution in [0.1, 0.15) is 18.0 Å². The van der Waals surface area contributed by atoms with Crippen LogP contribution in [0.25, 0.3) is 10.8 Å². The number of quaternary nitrogens is 1. The molecule has 3 aromatic rings. The Hall–Kier alpha value is -2.36. The van der Waals surface area contributed by atoms with E-state index in [-0.39, 0.29) is 10.7 Å². The van der Waals surface area contributed by atoms with Crippen LogP contribution in [0.3, 0.4) is 0 Å². The lowest BCUT2D eigenvalue weighted by Crippen LogP contribution is -2.37. The van der Waals surface area contributed by atoms with Gasteiger partial charge in [-0.2, -0.15) is 0 Å². The Morgan fingerprint density at radius 1 is 0.875 bits per heavy atom. The van der Waals surface area contributed by atoms with Crippen molar-refractivity contribution in [2.24, 2.45) is 0 Å². The molecule has 3 nitrogen and oxygen atoms in total. The number of hydroxylamine groups is 3. The number of ether oxygens (including phenoxy) is 1. The fraction of sp³-hybridized carbons (Fsp3) is 0.238. The quantitative estimate of drug-likeness (QED) is 0.476. The molecule has 0 radical (unpaired) electrons. The van der Waals surface area contributed by atoms with E-state index in [1.165, 1.54) is 0 Å². The average molecular weight is 321 g/mol. The Bertz CT molecular complexity index is 788. The second kappa shape index (κ2) is 7.04. The van der Waals surface area contributed by atoms with Crippen LogP contribution in [-0.4, -0.2) is 25.3 Å². The maximum absolute atomic E-state index is 12.5. The first-order chi connectivity index (χ1) is 11.6. The van der Waals surface area contributed by atoms with Gasteiger partial charge in [0.25, 0.3) is 0 Å². The molecule has 0 heterocycles. The molecule has 0 amide bonds. The highest BCUT2D eigenvalue weighted by Gasteiger charge is 2.22. The van der Waals surface area contributed by atoms with Gasteiger partial charge in [-0.05, 0) is 11.5 Å². The molecular weight excluding hydrogens is 298 g/mol. The first-order valence-electron chi connectivity index (χ1n) is 8.26. The summed E-state index contributed by atoms with van der Waals surface area (Å²) in [6.07, 6.45) is 0.670. The zero-order valence-electron chi connectivity index (χ0n) is 14.2. The van der Waals surface area contributed by atoms with Crippen molar-refractivity contribution in [3.05, 3.63) is 83.6 Å². The highest BCUT2D eigenvalue weighted by atomic mass is 16.5. The first-order valence-corrected chi connectivity index (χ1v) is 8.26. The van der Waals surface area contributed by atoms with E-state index >= 15 is 0 Å². The summed E-state index contributed by atoms with van der Waals surface area (Å²) >= 11 is 0. The second-order valence-electron chi connectivity index (χ2n) is 6.48. The minimum Gasteiger partial charge on any atom is -0.633 e. The molecule has 0 bridgehead atoms. The van der Waals surface area contributed by atoms with Gasteiger partial charge in [-0.25, -0.2) is 0 Å². The van der Waals surface area contributed by atoms with Crippen molar-refractivity contribution in [2.75, 3.05) is 20.7 Å². The zero-order chi connectivity index (χ0) is 17.0. The van der Waals surface area contributed by atoms with Gasteiger partial charge < -0.3 is 14.6 Å². The van der Waals surface area contributed by atoms with Crippen LogP contribution < -0.4 is 4.74 Å². The van der Waals surface area contributed by atoms with E-state index in [1.807, 2.05) is 54.6 Å². The van der Waals surface area contributed by atoms with Gasteiger partial charge in [0.05, 0.1) is 20.7 Å². The summed E-state index contributed by atoms with van der Waals surface area (Å²) in [6.45, 7) is 0.511. The molecule has 1 unspecified atom stereocenters. The van der Waals surface area contributed by atoms with Crippen LogP contribution in [0.2, 0.25) is 0 Å². The highest BCUT2D eigenvalue weighted by molar-refractivity contribution is 5.88. The standard InChI is InChI=1S/C21H23NO2/c1-22(2,23)20(18-10-4-3-5-11-18)15-16-24-21-14-8-12-17-9-6-7-13-19(17)21/h3-14,20H,15-16H2,1-2H3. The Kier molecular flexibility index (Phi) is 4.84. The monoisotopic (exact) mass is 321 g/mol. The minimum atomic E-state index is -0.358. The molecule has 0 fully saturated rings. The van der Waals surface area contributed by atoms with Gasteiger partial charge in [0.1, 0.15) is 11.8 Å². The van der Waals surface area contributed by atoms with Crippen LogP contribution in [0.4, 0.5) is 0 Å². The molecule has 0 aliphatic rings. The molecular formula is C21H23NO2. The maximum atomic E-state index is 12.5. The molecule has 0 aliphatic carbocycles. The lowest BCUT2D eigenvalue weighted by Gasteiger charge is -2.42. The van der Waals surface area contributed by atoms with Gasteiger partial charge in [0, 0.05) is 17.4 Å². The first kappa shape index (κ1) is 16.5. The molecule has 3 aromatic carbocycles. The summed E-state index contributed by atoms with van der Waals surface area (Å²) in [7, 11) is 3.38. The number of nitrogens with zero attached hydrogens (tertiary/aromatic N) is 1. The zero-order valence-corrected chi connectivity index (χ0v) is 14.2. The van der Waals surface area contributed by atoms with Crippen molar-refractivity contribution in [2.45, 2.75) is 12.5 Å². The molecule has 3 rings (SSSR count). The predicted molar refractivity (Wildman–Crippen MR) is 98.7 cm³/mol. The SMILES string of the molecule is C[N+](C)([O-])C(CCOc1cccc2ccccc12)c1ccccc1. The van der Waals surface area contributed by atoms with E-state index in [9.17, 15) is 5.21 Å². The van der Waals surface area contributed by atoms with Crippen molar-refractivity contribution >= 4 is 10.8 Å². The van der Waals surface area contributed by atoms with Gasteiger partial charge >= 0.3 is 0 Å². The van der Waals surface area contributed by atoms with Crippen LogP contribution >= 0.6 is 0 Å². The van der Waals surface area contributed by atoms with Crippen LogP contribution in [0.15, 0.2) is 72.8 Å². The Morgan fingerprint density at radius 2 is 1.54 bits per heavy atom. The lowest BCUT2D eigenvalue weighted by atomic mass is 10.0. The summed E-state index contributed by atoms with van der Waals surface area (Å²) in [5.41, 5.74) is 1.05. The smallest absolute Gasteiger partial charge is 0.127 e. The van der Waals surface area contributed by atoms with E-state index in [1.54, 1.807) is 14.1 Å². The summed E-state index contributed by atoms with van der Waals surface area (Å²) in [6, 6.07) is 24.0. The topological polar surface area (TPSA) is 32.3 Å². The lowest BCUT2D eigenvalue weighted by molar-refractivity contribution is -0.873. The fourth-order valence-electron chi connectivity index (χ4n) is 3.11. The van der Waals surface area contributed by atoms with Crippen molar-refractivity contribution in [3.63, 3.8) is 0 Å². The summed E-state index contributed by atoms with van der Waals surface area (Å²) in [5, 5.41) is 14.8. The Morgan fingerprint density at radius 3 is 2.29 bits per heavy atom. The van der Waals surface area contributed by atoms with Crippen LogP contribution in [-0.2, 0) is 0 Å². The van der Waals surface area contributed by atoms with E-state index in [2.05, 4.69) is 18.2 Å². The molecule has 0 saturated carbocycles. The number of benzene rings is 3. The number of rotatable bonds is 6. The molecule has 0 N–H and O–H groups in total. The predicted octanol–water partition coefficient (Wildman–Crippen LogP) is 4.92. The number of hydrogen-bond donors (Lipinski definition) is 0. The molecule has 24 heavy (non-hydrogen) atoms. The molecule has 124 valence electrons. The van der Waals surface area contributed by atoms with Gasteiger partial charge in [-0.1, -0.05) is 66.7 Å². The molecule has 1 atom stereocenters. The molecule has 0 aliphatic heterocycles. The summed E-state index contributed by atoms with van der Waals surface area (Å²) in [5.74, 6) is 0.871. The van der Waals surface area contributed by atoms with Crippen LogP contribution in [0.5, 0.6) is 5.75 Å². The van der Waals surface area contributed by atoms with E-state index in [0.29, 0.717) is 13.0 Å². The molecule has 0 spiro atoms. The summed E-state index contributed by atoms with van der Waals surface area (Å²) in [4.78, 5) is 0. The van der Waals surface area contributed by atoms with Crippen molar-refractivity contribution in [3.8, 4) is 5.75 Å². The molecule has 0 saturated heterocycles. The second-order valence-corrected chi connectivity index (χ2v) is 6.48. The largest absolute Gasteiger partial charge is 0.633 e. The Labute approximate surface area is 143 Å². The maximum Gasteiger partial charge on any atom is 0.127 e. The average Bonchev–Trinajstić information content (AvgIpc) is 2.58. The Balaban J connectivity index is 1.74. The highest BCUT2D eigenvalue weighted by Crippen LogP contribution is 2.29. The third kappa shape index (κ3) is 3.75. The van der Waals surface area contributed by atoms with Crippen molar-refractivity contribution in [1.29, 1.82) is 0 Å². The molecule has 0 aromatic heterocycles. The van der Waals surface area contributed by atoms with Gasteiger partial charge in [0.2, 0.25) is 0 Å². The van der Waals surface area contributed by atoms with Crippen molar-refractivity contribution < 1.29 is 9.38 Å². The van der Waals surface area contributed by atoms with E-state index in [0.717, 1.165) is 22.1 Å². The van der Waals surface area contributed by atoms with Crippen molar-refractivity contribution in [1.82, 2.24) is 0 Å². The molecule has 3 heteroatoms. The van der Waals surface area contributed by atoms with Gasteiger partial charge in [-0.3, -0.25) is 0 Å². The van der Waals surface area contributed by atoms with Crippen LogP contribution in [0, 0.1) is 5.21 Å². The van der Waals surface area contributed by atoms with Gasteiger partial charge in [-0.15, -0.1) is 0 Å². The number of hydrogen-bond acceptors (Lipinski definition) is 2. The van der Waals surface area contributed by atoms with E-state index in [4.69, 9.17) is 4.74 Å². The fourth-order valence-corrected chi connectivity index (χ4v) is 3.11. The van der Waals surface area contributed by atoms with E-state index < -0.39 is 0 Å². The third-order valence-electron chi connectivity index (χ3n) is 4.33.